The maximum Gasteiger partial charge on any atom is 0.191 e. The van der Waals surface area contributed by atoms with Crippen LogP contribution in [-0.2, 0) is 10.5 Å². The van der Waals surface area contributed by atoms with Crippen LogP contribution in [0.3, 0.4) is 0 Å². The van der Waals surface area contributed by atoms with Gasteiger partial charge in [-0.3, -0.25) is 4.99 Å². The lowest BCUT2D eigenvalue weighted by atomic mass is 10.2. The van der Waals surface area contributed by atoms with Gasteiger partial charge < -0.3 is 15.4 Å². The minimum Gasteiger partial charge on any atom is -0.383 e. The van der Waals surface area contributed by atoms with E-state index < -0.39 is 0 Å². The topological polar surface area (TPSA) is 45.7 Å². The van der Waals surface area contributed by atoms with Gasteiger partial charge in [0.05, 0.1) is 6.61 Å². The first-order valence-electron chi connectivity index (χ1n) is 7.25. The second kappa shape index (κ2) is 13.0. The normalized spacial score (nSPS) is 12.5. The van der Waals surface area contributed by atoms with Gasteiger partial charge in [-0.05, 0) is 19.4 Å². The number of hydrogen-bond acceptors (Lipinski definition) is 3. The van der Waals surface area contributed by atoms with Gasteiger partial charge in [0.25, 0.3) is 0 Å². The van der Waals surface area contributed by atoms with Gasteiger partial charge >= 0.3 is 0 Å². The SMILES string of the molecule is CN=C(NCCSCc1ccc(C)cc1)NC(C)COC.I. The molecule has 0 aliphatic carbocycles. The molecular weight excluding hydrogens is 409 g/mol. The molecule has 0 heterocycles. The van der Waals surface area contributed by atoms with Crippen molar-refractivity contribution in [3.05, 3.63) is 35.4 Å². The Morgan fingerprint density at radius 3 is 2.59 bits per heavy atom. The molecule has 1 unspecified atom stereocenters. The number of ether oxygens (including phenoxy) is 1. The molecule has 4 nitrogen and oxygen atoms in total. The van der Waals surface area contributed by atoms with Crippen LogP contribution in [0.4, 0.5) is 0 Å². The highest BCUT2D eigenvalue weighted by molar-refractivity contribution is 14.0. The molecule has 0 aliphatic heterocycles. The van der Waals surface area contributed by atoms with E-state index in [0.717, 1.165) is 24.0 Å². The molecule has 0 saturated heterocycles. The average Bonchev–Trinajstić information content (AvgIpc) is 2.48. The number of aryl methyl sites for hydroxylation is 1. The van der Waals surface area contributed by atoms with Crippen molar-refractivity contribution in [3.63, 3.8) is 0 Å². The van der Waals surface area contributed by atoms with Crippen molar-refractivity contribution >= 4 is 41.7 Å². The predicted molar refractivity (Wildman–Crippen MR) is 109 cm³/mol. The molecule has 0 bridgehead atoms. The first kappa shape index (κ1) is 21.5. The Bertz CT molecular complexity index is 426. The van der Waals surface area contributed by atoms with Gasteiger partial charge in [-0.15, -0.1) is 24.0 Å². The van der Waals surface area contributed by atoms with Crippen LogP contribution >= 0.6 is 35.7 Å². The Morgan fingerprint density at radius 2 is 2.00 bits per heavy atom. The Kier molecular flexibility index (Phi) is 12.7. The Morgan fingerprint density at radius 1 is 1.32 bits per heavy atom. The van der Waals surface area contributed by atoms with Gasteiger partial charge in [-0.25, -0.2) is 0 Å². The second-order valence-corrected chi connectivity index (χ2v) is 6.14. The Labute approximate surface area is 155 Å². The van der Waals surface area contributed by atoms with Crippen molar-refractivity contribution in [1.82, 2.24) is 10.6 Å². The van der Waals surface area contributed by atoms with Crippen molar-refractivity contribution < 1.29 is 4.74 Å². The number of benzene rings is 1. The molecule has 2 N–H and O–H groups in total. The third kappa shape index (κ3) is 9.53. The number of thioether (sulfide) groups is 1. The molecule has 1 aromatic rings. The monoisotopic (exact) mass is 437 g/mol. The van der Waals surface area contributed by atoms with E-state index in [2.05, 4.69) is 53.7 Å². The second-order valence-electron chi connectivity index (χ2n) is 5.04. The molecule has 0 radical (unpaired) electrons. The number of aliphatic imine (C=N–C) groups is 1. The summed E-state index contributed by atoms with van der Waals surface area (Å²) in [6, 6.07) is 8.97. The van der Waals surface area contributed by atoms with E-state index in [0.29, 0.717) is 6.61 Å². The zero-order valence-corrected chi connectivity index (χ0v) is 17.0. The van der Waals surface area contributed by atoms with Crippen LogP contribution in [0.1, 0.15) is 18.1 Å². The lowest BCUT2D eigenvalue weighted by Crippen LogP contribution is -2.44. The number of halogens is 1. The number of hydrogen-bond donors (Lipinski definition) is 2. The summed E-state index contributed by atoms with van der Waals surface area (Å²) in [6.07, 6.45) is 0. The minimum absolute atomic E-state index is 0. The largest absolute Gasteiger partial charge is 0.383 e. The summed E-state index contributed by atoms with van der Waals surface area (Å²) in [5, 5.41) is 6.60. The zero-order valence-electron chi connectivity index (χ0n) is 13.9. The first-order valence-corrected chi connectivity index (χ1v) is 8.40. The summed E-state index contributed by atoms with van der Waals surface area (Å²) >= 11 is 1.92. The van der Waals surface area contributed by atoms with E-state index in [4.69, 9.17) is 4.74 Å². The summed E-state index contributed by atoms with van der Waals surface area (Å²) in [5.41, 5.74) is 2.69. The maximum absolute atomic E-state index is 5.10. The minimum atomic E-state index is 0. The smallest absolute Gasteiger partial charge is 0.191 e. The maximum atomic E-state index is 5.10. The molecule has 0 fully saturated rings. The van der Waals surface area contributed by atoms with Crippen molar-refractivity contribution in [2.75, 3.05) is 33.1 Å². The Hall–Kier alpha value is -0.470. The fraction of sp³-hybridized carbons (Fsp3) is 0.562. The van der Waals surface area contributed by atoms with Crippen LogP contribution in [0.15, 0.2) is 29.3 Å². The molecule has 126 valence electrons. The van der Waals surface area contributed by atoms with E-state index in [1.54, 1.807) is 14.2 Å². The van der Waals surface area contributed by atoms with Crippen molar-refractivity contribution in [1.29, 1.82) is 0 Å². The van der Waals surface area contributed by atoms with Crippen LogP contribution in [0.25, 0.3) is 0 Å². The van der Waals surface area contributed by atoms with Crippen molar-refractivity contribution in [2.24, 2.45) is 4.99 Å². The highest BCUT2D eigenvalue weighted by atomic mass is 127. The summed E-state index contributed by atoms with van der Waals surface area (Å²) in [6.45, 7) is 5.76. The molecule has 0 amide bonds. The van der Waals surface area contributed by atoms with Gasteiger partial charge in [-0.2, -0.15) is 11.8 Å². The summed E-state index contributed by atoms with van der Waals surface area (Å²) in [7, 11) is 3.49. The molecule has 6 heteroatoms. The lowest BCUT2D eigenvalue weighted by Gasteiger charge is -2.17. The van der Waals surface area contributed by atoms with Gasteiger partial charge in [0.2, 0.25) is 0 Å². The number of nitrogens with one attached hydrogen (secondary N) is 2. The molecule has 0 aromatic heterocycles. The predicted octanol–water partition coefficient (Wildman–Crippen LogP) is 3.05. The van der Waals surface area contributed by atoms with E-state index in [1.165, 1.54) is 11.1 Å². The van der Waals surface area contributed by atoms with E-state index in [1.807, 2.05) is 11.8 Å². The molecule has 0 aliphatic rings. The lowest BCUT2D eigenvalue weighted by molar-refractivity contribution is 0.179. The highest BCUT2D eigenvalue weighted by Crippen LogP contribution is 2.12. The van der Waals surface area contributed by atoms with Crippen LogP contribution in [-0.4, -0.2) is 45.1 Å². The third-order valence-corrected chi connectivity index (χ3v) is 3.98. The summed E-state index contributed by atoms with van der Waals surface area (Å²) in [5.74, 6) is 2.93. The van der Waals surface area contributed by atoms with Crippen molar-refractivity contribution in [2.45, 2.75) is 25.6 Å². The van der Waals surface area contributed by atoms with E-state index in [9.17, 15) is 0 Å². The molecule has 0 saturated carbocycles. The molecule has 22 heavy (non-hydrogen) atoms. The molecule has 0 spiro atoms. The number of methoxy groups -OCH3 is 1. The highest BCUT2D eigenvalue weighted by Gasteiger charge is 2.03. The molecule has 1 rings (SSSR count). The van der Waals surface area contributed by atoms with Crippen molar-refractivity contribution in [3.8, 4) is 0 Å². The quantitative estimate of drug-likeness (QED) is 0.284. The summed E-state index contributed by atoms with van der Waals surface area (Å²) in [4.78, 5) is 4.21. The van der Waals surface area contributed by atoms with Gasteiger partial charge in [0.1, 0.15) is 0 Å². The molecular formula is C16H28IN3OS. The standard InChI is InChI=1S/C16H27N3OS.HI/c1-13-5-7-15(8-6-13)12-21-10-9-18-16(17-3)19-14(2)11-20-4;/h5-8,14H,9-12H2,1-4H3,(H2,17,18,19);1H. The van der Waals surface area contributed by atoms with Gasteiger partial charge in [0.15, 0.2) is 5.96 Å². The Balaban J connectivity index is 0.00000441. The molecule has 1 atom stereocenters. The van der Waals surface area contributed by atoms with Crippen LogP contribution < -0.4 is 10.6 Å². The first-order chi connectivity index (χ1) is 10.2. The van der Waals surface area contributed by atoms with Gasteiger partial charge in [0, 0.05) is 38.2 Å². The van der Waals surface area contributed by atoms with Gasteiger partial charge in [-0.1, -0.05) is 29.8 Å². The zero-order chi connectivity index (χ0) is 15.5. The fourth-order valence-corrected chi connectivity index (χ4v) is 2.65. The van der Waals surface area contributed by atoms with E-state index >= 15 is 0 Å². The summed E-state index contributed by atoms with van der Waals surface area (Å²) < 4.78 is 5.10. The number of nitrogens with zero attached hydrogens (tertiary/aromatic N) is 1. The van der Waals surface area contributed by atoms with Crippen LogP contribution in [0.5, 0.6) is 0 Å². The third-order valence-electron chi connectivity index (χ3n) is 2.95. The fourth-order valence-electron chi connectivity index (χ4n) is 1.84. The van der Waals surface area contributed by atoms with Crippen LogP contribution in [0.2, 0.25) is 0 Å². The van der Waals surface area contributed by atoms with E-state index in [-0.39, 0.29) is 30.0 Å². The average molecular weight is 437 g/mol. The number of guanidine groups is 1. The molecule has 1 aromatic carbocycles. The van der Waals surface area contributed by atoms with Crippen LogP contribution in [0, 0.1) is 6.92 Å². The number of rotatable bonds is 8.